The minimum absolute atomic E-state index is 0.187. The molecule has 4 nitrogen and oxygen atoms in total. The summed E-state index contributed by atoms with van der Waals surface area (Å²) < 4.78 is 12.9. The molecule has 0 spiro atoms. The Balaban J connectivity index is 1.52. The Morgan fingerprint density at radius 3 is 2.48 bits per heavy atom. The first-order chi connectivity index (χ1) is 12.2. The van der Waals surface area contributed by atoms with Crippen LogP contribution in [0.3, 0.4) is 0 Å². The molecule has 0 amide bonds. The molecule has 5 heteroatoms. The molecular weight excluding hydrogens is 315 g/mol. The van der Waals surface area contributed by atoms with E-state index in [2.05, 4.69) is 27.4 Å². The van der Waals surface area contributed by atoms with E-state index in [-0.39, 0.29) is 5.82 Å². The Morgan fingerprint density at radius 1 is 1.12 bits per heavy atom. The fourth-order valence-electron chi connectivity index (χ4n) is 3.15. The highest BCUT2D eigenvalue weighted by atomic mass is 19.1. The van der Waals surface area contributed by atoms with Gasteiger partial charge in [-0.2, -0.15) is 0 Å². The van der Waals surface area contributed by atoms with Gasteiger partial charge in [-0.15, -0.1) is 0 Å². The summed E-state index contributed by atoms with van der Waals surface area (Å²) in [5.74, 6) is 1.56. The molecule has 2 rings (SSSR count). The van der Waals surface area contributed by atoms with Crippen LogP contribution >= 0.6 is 0 Å². The van der Waals surface area contributed by atoms with Crippen LogP contribution < -0.4 is 10.6 Å². The lowest BCUT2D eigenvalue weighted by Crippen LogP contribution is -2.39. The number of hydrogen-bond donors (Lipinski definition) is 2. The maximum atomic E-state index is 12.9. The summed E-state index contributed by atoms with van der Waals surface area (Å²) in [5.41, 5.74) is 1.13. The molecule has 0 saturated carbocycles. The fourth-order valence-corrected chi connectivity index (χ4v) is 3.15. The topological polar surface area (TPSA) is 39.7 Å². The summed E-state index contributed by atoms with van der Waals surface area (Å²) in [6.45, 7) is 7.83. The number of likely N-dealkylation sites (tertiary alicyclic amines) is 1. The Kier molecular flexibility index (Phi) is 8.73. The highest BCUT2D eigenvalue weighted by Gasteiger charge is 2.14. The Morgan fingerprint density at radius 2 is 1.80 bits per heavy atom. The van der Waals surface area contributed by atoms with Crippen molar-refractivity contribution in [3.63, 3.8) is 0 Å². The van der Waals surface area contributed by atoms with E-state index in [1.807, 2.05) is 12.1 Å². The van der Waals surface area contributed by atoms with Crippen molar-refractivity contribution in [2.75, 3.05) is 39.8 Å². The minimum atomic E-state index is -0.187. The molecule has 0 aromatic heterocycles. The van der Waals surface area contributed by atoms with Crippen molar-refractivity contribution in [2.24, 2.45) is 10.9 Å². The number of nitrogens with zero attached hydrogens (tertiary/aromatic N) is 2. The van der Waals surface area contributed by atoms with E-state index in [1.165, 1.54) is 51.0 Å². The summed E-state index contributed by atoms with van der Waals surface area (Å²) in [6.07, 6.45) is 5.94. The average Bonchev–Trinajstić information content (AvgIpc) is 2.63. The van der Waals surface area contributed by atoms with Gasteiger partial charge in [-0.05, 0) is 75.4 Å². The Hall–Kier alpha value is -1.62. The Bertz CT molecular complexity index is 507. The number of hydrogen-bond acceptors (Lipinski definition) is 2. The van der Waals surface area contributed by atoms with Gasteiger partial charge in [-0.25, -0.2) is 4.39 Å². The van der Waals surface area contributed by atoms with E-state index in [4.69, 9.17) is 0 Å². The second-order valence-corrected chi connectivity index (χ2v) is 7.03. The van der Waals surface area contributed by atoms with Crippen molar-refractivity contribution < 1.29 is 4.39 Å². The summed E-state index contributed by atoms with van der Waals surface area (Å²) in [6, 6.07) is 6.67. The molecular formula is C20H33FN4. The highest BCUT2D eigenvalue weighted by molar-refractivity contribution is 5.79. The van der Waals surface area contributed by atoms with E-state index < -0.39 is 0 Å². The first-order valence-electron chi connectivity index (χ1n) is 9.58. The summed E-state index contributed by atoms with van der Waals surface area (Å²) >= 11 is 0. The molecule has 0 aliphatic carbocycles. The quantitative estimate of drug-likeness (QED) is 0.431. The average molecular weight is 349 g/mol. The van der Waals surface area contributed by atoms with Crippen LogP contribution in [-0.4, -0.2) is 50.6 Å². The van der Waals surface area contributed by atoms with Gasteiger partial charge < -0.3 is 15.5 Å². The fraction of sp³-hybridized carbons (Fsp3) is 0.650. The minimum Gasteiger partial charge on any atom is -0.356 e. The second kappa shape index (κ2) is 11.1. The van der Waals surface area contributed by atoms with Crippen molar-refractivity contribution in [3.8, 4) is 0 Å². The molecule has 1 aliphatic rings. The van der Waals surface area contributed by atoms with Gasteiger partial charge >= 0.3 is 0 Å². The van der Waals surface area contributed by atoms with Gasteiger partial charge in [0.15, 0.2) is 5.96 Å². The van der Waals surface area contributed by atoms with Gasteiger partial charge in [0.05, 0.1) is 0 Å². The first kappa shape index (κ1) is 19.7. The highest BCUT2D eigenvalue weighted by Crippen LogP contribution is 2.16. The number of halogens is 1. The lowest BCUT2D eigenvalue weighted by atomic mass is 9.99. The molecule has 1 aromatic rings. The third-order valence-electron chi connectivity index (χ3n) is 4.91. The molecule has 0 unspecified atom stereocenters. The molecule has 1 aromatic carbocycles. The predicted molar refractivity (Wildman–Crippen MR) is 104 cm³/mol. The van der Waals surface area contributed by atoms with E-state index in [0.29, 0.717) is 0 Å². The van der Waals surface area contributed by atoms with Crippen molar-refractivity contribution >= 4 is 5.96 Å². The number of nitrogens with one attached hydrogen (secondary N) is 2. The van der Waals surface area contributed by atoms with Gasteiger partial charge in [-0.3, -0.25) is 4.99 Å². The van der Waals surface area contributed by atoms with Crippen LogP contribution in [-0.2, 0) is 6.42 Å². The molecule has 0 bridgehead atoms. The largest absolute Gasteiger partial charge is 0.356 e. The molecule has 0 atom stereocenters. The second-order valence-electron chi connectivity index (χ2n) is 7.03. The molecule has 140 valence electrons. The number of aliphatic imine (C=N–C) groups is 1. The number of benzene rings is 1. The maximum Gasteiger partial charge on any atom is 0.190 e. The zero-order valence-corrected chi connectivity index (χ0v) is 15.7. The van der Waals surface area contributed by atoms with Crippen molar-refractivity contribution in [1.82, 2.24) is 15.5 Å². The number of unbranched alkanes of at least 4 members (excludes halogenated alkanes) is 1. The summed E-state index contributed by atoms with van der Waals surface area (Å²) in [7, 11) is 1.79. The molecule has 2 N–H and O–H groups in total. The van der Waals surface area contributed by atoms with E-state index >= 15 is 0 Å². The zero-order valence-electron chi connectivity index (χ0n) is 15.7. The van der Waals surface area contributed by atoms with Crippen LogP contribution in [0.1, 0.15) is 38.2 Å². The monoisotopic (exact) mass is 348 g/mol. The number of rotatable bonds is 8. The van der Waals surface area contributed by atoms with Crippen molar-refractivity contribution in [2.45, 2.75) is 39.0 Å². The number of piperidine rings is 1. The summed E-state index contributed by atoms with van der Waals surface area (Å²) in [5, 5.41) is 6.68. The molecule has 1 saturated heterocycles. The van der Waals surface area contributed by atoms with Gasteiger partial charge in [0.25, 0.3) is 0 Å². The van der Waals surface area contributed by atoms with Crippen LogP contribution in [0, 0.1) is 11.7 Å². The van der Waals surface area contributed by atoms with Crippen LogP contribution in [0.15, 0.2) is 29.3 Å². The van der Waals surface area contributed by atoms with E-state index in [1.54, 1.807) is 7.05 Å². The molecule has 1 aliphatic heterocycles. The molecule has 25 heavy (non-hydrogen) atoms. The molecule has 1 heterocycles. The standard InChI is InChI=1S/C20H33FN4/c1-17-10-15-25(16-11-17)14-4-3-12-23-20(22-2)24-13-9-18-5-7-19(21)8-6-18/h5-8,17H,3-4,9-16H2,1-2H3,(H2,22,23,24). The van der Waals surface area contributed by atoms with E-state index in [0.717, 1.165) is 43.4 Å². The smallest absolute Gasteiger partial charge is 0.190 e. The Labute approximate surface area is 151 Å². The maximum absolute atomic E-state index is 12.9. The predicted octanol–water partition coefficient (Wildman–Crippen LogP) is 3.05. The zero-order chi connectivity index (χ0) is 17.9. The lowest BCUT2D eigenvalue weighted by Gasteiger charge is -2.30. The lowest BCUT2D eigenvalue weighted by molar-refractivity contribution is 0.189. The van der Waals surface area contributed by atoms with Crippen LogP contribution in [0.25, 0.3) is 0 Å². The van der Waals surface area contributed by atoms with Gasteiger partial charge in [0, 0.05) is 20.1 Å². The van der Waals surface area contributed by atoms with Gasteiger partial charge in [-0.1, -0.05) is 19.1 Å². The van der Waals surface area contributed by atoms with Crippen LogP contribution in [0.2, 0.25) is 0 Å². The van der Waals surface area contributed by atoms with Crippen molar-refractivity contribution in [3.05, 3.63) is 35.6 Å². The molecule has 1 fully saturated rings. The summed E-state index contributed by atoms with van der Waals surface area (Å²) in [4.78, 5) is 6.85. The van der Waals surface area contributed by atoms with E-state index in [9.17, 15) is 4.39 Å². The SMILES string of the molecule is CN=C(NCCCCN1CCC(C)CC1)NCCc1ccc(F)cc1. The van der Waals surface area contributed by atoms with Crippen LogP contribution in [0.4, 0.5) is 4.39 Å². The van der Waals surface area contributed by atoms with Gasteiger partial charge in [0.1, 0.15) is 5.82 Å². The molecule has 0 radical (unpaired) electrons. The van der Waals surface area contributed by atoms with Crippen molar-refractivity contribution in [1.29, 1.82) is 0 Å². The third-order valence-corrected chi connectivity index (χ3v) is 4.91. The van der Waals surface area contributed by atoms with Crippen LogP contribution in [0.5, 0.6) is 0 Å². The normalized spacial score (nSPS) is 16.8. The first-order valence-corrected chi connectivity index (χ1v) is 9.58. The van der Waals surface area contributed by atoms with Gasteiger partial charge in [0.2, 0.25) is 0 Å². The number of guanidine groups is 1. The third kappa shape index (κ3) is 7.86.